The Kier molecular flexibility index (Phi) is 9.81. The lowest BCUT2D eigenvalue weighted by Crippen LogP contribution is -2.51. The average Bonchev–Trinajstić information content (AvgIpc) is 2.89. The van der Waals surface area contributed by atoms with Gasteiger partial charge in [-0.1, -0.05) is 18.2 Å². The summed E-state index contributed by atoms with van der Waals surface area (Å²) in [6.07, 6.45) is 2.34. The summed E-state index contributed by atoms with van der Waals surface area (Å²) in [5, 5.41) is 9.04. The van der Waals surface area contributed by atoms with E-state index in [2.05, 4.69) is 6.07 Å². The molecule has 0 saturated carbocycles. The number of hydrogen-bond donors (Lipinski definition) is 1. The predicted octanol–water partition coefficient (Wildman–Crippen LogP) is 3.92. The molecule has 1 heterocycles. The van der Waals surface area contributed by atoms with Crippen LogP contribution in [0.25, 0.3) is 0 Å². The van der Waals surface area contributed by atoms with E-state index in [9.17, 15) is 22.8 Å². The Bertz CT molecular complexity index is 1430. The normalized spacial score (nSPS) is 15.1. The molecule has 0 aliphatic carbocycles. The van der Waals surface area contributed by atoms with Crippen LogP contribution in [0, 0.1) is 18.3 Å². The molecule has 2 aromatic rings. The van der Waals surface area contributed by atoms with Crippen LogP contribution < -0.4 is 10.6 Å². The van der Waals surface area contributed by atoms with Crippen molar-refractivity contribution in [1.29, 1.82) is 5.26 Å². The van der Waals surface area contributed by atoms with Gasteiger partial charge in [-0.3, -0.25) is 9.69 Å². The van der Waals surface area contributed by atoms with Gasteiger partial charge in [0.2, 0.25) is 0 Å². The Balaban J connectivity index is 1.86. The maximum Gasteiger partial charge on any atom is 0.329 e. The van der Waals surface area contributed by atoms with E-state index in [0.717, 1.165) is 29.6 Å². The summed E-state index contributed by atoms with van der Waals surface area (Å²) < 4.78 is 29.4. The van der Waals surface area contributed by atoms with E-state index in [1.54, 1.807) is 56.9 Å². The van der Waals surface area contributed by atoms with Crippen molar-refractivity contribution in [2.45, 2.75) is 64.5 Å². The van der Waals surface area contributed by atoms with E-state index in [1.165, 1.54) is 6.07 Å². The van der Waals surface area contributed by atoms with E-state index in [-0.39, 0.29) is 29.7 Å². The van der Waals surface area contributed by atoms with Crippen molar-refractivity contribution >= 4 is 33.4 Å². The highest BCUT2D eigenvalue weighted by molar-refractivity contribution is 7.90. The minimum absolute atomic E-state index is 0.223. The van der Waals surface area contributed by atoms with Crippen LogP contribution in [0.1, 0.15) is 73.0 Å². The van der Waals surface area contributed by atoms with Crippen molar-refractivity contribution in [3.8, 4) is 6.07 Å². The van der Waals surface area contributed by atoms with Gasteiger partial charge in [0, 0.05) is 24.9 Å². The zero-order chi connectivity index (χ0) is 30.5. The molecule has 1 atom stereocenters. The average molecular weight is 583 g/mol. The van der Waals surface area contributed by atoms with Gasteiger partial charge in [-0.15, -0.1) is 0 Å². The Morgan fingerprint density at radius 3 is 2.24 bits per heavy atom. The maximum atomic E-state index is 13.5. The van der Waals surface area contributed by atoms with Crippen LogP contribution in [-0.2, 0) is 19.4 Å². The standard InChI is InChI=1S/C30H38N4O6S/c1-20-6-9-24(27(35)33-15-12-23(13-16-33)22-10-7-21(19-31)8-11-22)18-26(20)34(29(32)37)25(14-17-41(5,38)39)28(36)40-30(2,3)4/h6-11,18,23,25H,12-17H2,1-5H3,(H2,32,37)/t25-/m0/s1. The zero-order valence-corrected chi connectivity index (χ0v) is 25.0. The number of aryl methyl sites for hydroxylation is 1. The first-order chi connectivity index (χ1) is 19.1. The van der Waals surface area contributed by atoms with Gasteiger partial charge < -0.3 is 15.4 Å². The Labute approximate surface area is 242 Å². The topological polar surface area (TPSA) is 151 Å². The van der Waals surface area contributed by atoms with Gasteiger partial charge in [0.05, 0.1) is 23.1 Å². The fourth-order valence-electron chi connectivity index (χ4n) is 4.92. The second kappa shape index (κ2) is 12.7. The van der Waals surface area contributed by atoms with Gasteiger partial charge >= 0.3 is 12.0 Å². The number of likely N-dealkylation sites (tertiary alicyclic amines) is 1. The van der Waals surface area contributed by atoms with E-state index in [1.807, 2.05) is 12.1 Å². The Morgan fingerprint density at radius 2 is 1.73 bits per heavy atom. The number of anilines is 1. The van der Waals surface area contributed by atoms with Crippen molar-refractivity contribution in [2.75, 3.05) is 30.0 Å². The quantitative estimate of drug-likeness (QED) is 0.463. The first-order valence-corrected chi connectivity index (χ1v) is 15.5. The Hall–Kier alpha value is -3.91. The van der Waals surface area contributed by atoms with E-state index in [0.29, 0.717) is 29.8 Å². The molecule has 0 spiro atoms. The van der Waals surface area contributed by atoms with Crippen LogP contribution in [-0.4, -0.2) is 68.0 Å². The smallest absolute Gasteiger partial charge is 0.329 e. The molecule has 0 bridgehead atoms. The molecule has 1 saturated heterocycles. The molecule has 0 aromatic heterocycles. The molecule has 220 valence electrons. The van der Waals surface area contributed by atoms with Crippen molar-refractivity contribution in [3.63, 3.8) is 0 Å². The maximum absolute atomic E-state index is 13.5. The number of rotatable bonds is 8. The lowest BCUT2D eigenvalue weighted by atomic mass is 9.89. The number of nitrogens with two attached hydrogens (primary N) is 1. The number of primary amides is 1. The lowest BCUT2D eigenvalue weighted by Gasteiger charge is -2.34. The molecular weight excluding hydrogens is 544 g/mol. The van der Waals surface area contributed by atoms with Gasteiger partial charge in [0.15, 0.2) is 0 Å². The fourth-order valence-corrected chi connectivity index (χ4v) is 5.57. The minimum atomic E-state index is -3.47. The summed E-state index contributed by atoms with van der Waals surface area (Å²) in [6, 6.07) is 12.2. The molecule has 3 rings (SSSR count). The van der Waals surface area contributed by atoms with E-state index < -0.39 is 33.5 Å². The number of amides is 3. The summed E-state index contributed by atoms with van der Waals surface area (Å²) >= 11 is 0. The second-order valence-electron chi connectivity index (χ2n) is 11.5. The van der Waals surface area contributed by atoms with E-state index >= 15 is 0 Å². The van der Waals surface area contributed by atoms with E-state index in [4.69, 9.17) is 15.7 Å². The summed E-state index contributed by atoms with van der Waals surface area (Å²) in [5.41, 5.74) is 7.73. The minimum Gasteiger partial charge on any atom is -0.458 e. The number of carbonyl (C=O) groups excluding carboxylic acids is 3. The molecule has 1 fully saturated rings. The molecule has 10 nitrogen and oxygen atoms in total. The zero-order valence-electron chi connectivity index (χ0n) is 24.2. The highest BCUT2D eigenvalue weighted by Crippen LogP contribution is 2.31. The molecule has 1 aliphatic heterocycles. The number of piperidine rings is 1. The Morgan fingerprint density at radius 1 is 1.12 bits per heavy atom. The number of sulfone groups is 1. The third-order valence-electron chi connectivity index (χ3n) is 7.00. The first kappa shape index (κ1) is 31.6. The predicted molar refractivity (Wildman–Crippen MR) is 156 cm³/mol. The molecular formula is C30H38N4O6S. The molecule has 3 amide bonds. The van der Waals surface area contributed by atoms with Crippen LogP contribution in [0.4, 0.5) is 10.5 Å². The summed E-state index contributed by atoms with van der Waals surface area (Å²) in [6.45, 7) is 7.78. The van der Waals surface area contributed by atoms with Crippen LogP contribution in [0.5, 0.6) is 0 Å². The SMILES string of the molecule is Cc1ccc(C(=O)N2CCC(c3ccc(C#N)cc3)CC2)cc1N(C(N)=O)[C@@H](CCS(C)(=O)=O)C(=O)OC(C)(C)C. The van der Waals surface area contributed by atoms with Crippen molar-refractivity contribution in [2.24, 2.45) is 5.73 Å². The fraction of sp³-hybridized carbons (Fsp3) is 0.467. The molecule has 2 aromatic carbocycles. The molecule has 1 aliphatic rings. The van der Waals surface area contributed by atoms with Gasteiger partial charge in [0.25, 0.3) is 5.91 Å². The number of carbonyl (C=O) groups is 3. The molecule has 0 unspecified atom stereocenters. The highest BCUT2D eigenvalue weighted by atomic mass is 32.2. The number of benzene rings is 2. The van der Waals surface area contributed by atoms with Gasteiger partial charge in [-0.25, -0.2) is 18.0 Å². The number of hydrogen-bond acceptors (Lipinski definition) is 7. The summed E-state index contributed by atoms with van der Waals surface area (Å²) in [5.74, 6) is -1.11. The van der Waals surface area contributed by atoms with Crippen molar-refractivity contribution in [3.05, 3.63) is 64.7 Å². The largest absolute Gasteiger partial charge is 0.458 e. The van der Waals surface area contributed by atoms with Crippen LogP contribution in [0.15, 0.2) is 42.5 Å². The number of ether oxygens (including phenoxy) is 1. The third kappa shape index (κ3) is 8.54. The van der Waals surface area contributed by atoms with Crippen LogP contribution in [0.3, 0.4) is 0 Å². The van der Waals surface area contributed by atoms with Crippen LogP contribution in [0.2, 0.25) is 0 Å². The van der Waals surface area contributed by atoms with Gasteiger partial charge in [-0.2, -0.15) is 5.26 Å². The third-order valence-corrected chi connectivity index (χ3v) is 7.98. The summed E-state index contributed by atoms with van der Waals surface area (Å²) in [4.78, 5) is 42.3. The van der Waals surface area contributed by atoms with Gasteiger partial charge in [-0.05, 0) is 88.3 Å². The summed E-state index contributed by atoms with van der Waals surface area (Å²) in [7, 11) is -3.47. The van der Waals surface area contributed by atoms with Crippen molar-refractivity contribution in [1.82, 2.24) is 4.90 Å². The second-order valence-corrected chi connectivity index (χ2v) is 13.7. The molecule has 2 N–H and O–H groups in total. The first-order valence-electron chi connectivity index (χ1n) is 13.5. The number of esters is 1. The number of nitrogens with zero attached hydrogens (tertiary/aromatic N) is 3. The monoisotopic (exact) mass is 582 g/mol. The highest BCUT2D eigenvalue weighted by Gasteiger charge is 2.35. The number of urea groups is 1. The van der Waals surface area contributed by atoms with Gasteiger partial charge in [0.1, 0.15) is 21.5 Å². The molecule has 41 heavy (non-hydrogen) atoms. The van der Waals surface area contributed by atoms with Crippen LogP contribution >= 0.6 is 0 Å². The molecule has 11 heteroatoms. The van der Waals surface area contributed by atoms with Crippen molar-refractivity contribution < 1.29 is 27.5 Å². The number of nitriles is 1. The lowest BCUT2D eigenvalue weighted by molar-refractivity contribution is -0.156. The molecule has 0 radical (unpaired) electrons.